The number of hydrogen-bond acceptors (Lipinski definition) is 1. The molecule has 0 amide bonds. The summed E-state index contributed by atoms with van der Waals surface area (Å²) in [6.45, 7) is 2.17. The standard InChI is InChI=1S/C16H20O2/c1-2-3-4-5-6-10-13-15(16(17)18)14-11-8-7-9-12-14/h6-13H,2-5H2,1H3,(H,17,18). The molecule has 2 nitrogen and oxygen atoms in total. The Balaban J connectivity index is 2.66. The van der Waals surface area contributed by atoms with E-state index in [2.05, 4.69) is 6.92 Å². The molecule has 0 atom stereocenters. The number of benzene rings is 1. The van der Waals surface area contributed by atoms with Gasteiger partial charge in [0, 0.05) is 0 Å². The van der Waals surface area contributed by atoms with Crippen molar-refractivity contribution in [2.45, 2.75) is 32.6 Å². The fourth-order valence-electron chi connectivity index (χ4n) is 1.68. The summed E-state index contributed by atoms with van der Waals surface area (Å²) >= 11 is 0. The zero-order chi connectivity index (χ0) is 13.2. The van der Waals surface area contributed by atoms with Gasteiger partial charge in [0.1, 0.15) is 0 Å². The van der Waals surface area contributed by atoms with Gasteiger partial charge in [0.05, 0.1) is 5.57 Å². The Kier molecular flexibility index (Phi) is 6.55. The van der Waals surface area contributed by atoms with E-state index in [1.54, 1.807) is 6.08 Å². The Bertz CT molecular complexity index is 416. The minimum atomic E-state index is -0.889. The number of hydrogen-bond donors (Lipinski definition) is 1. The summed E-state index contributed by atoms with van der Waals surface area (Å²) < 4.78 is 0. The highest BCUT2D eigenvalue weighted by Gasteiger charge is 2.07. The molecular formula is C16H20O2. The van der Waals surface area contributed by atoms with Gasteiger partial charge in [-0.1, -0.05) is 62.2 Å². The topological polar surface area (TPSA) is 37.3 Å². The number of aliphatic carboxylic acids is 1. The van der Waals surface area contributed by atoms with Crippen LogP contribution >= 0.6 is 0 Å². The third-order valence-corrected chi connectivity index (χ3v) is 2.69. The third-order valence-electron chi connectivity index (χ3n) is 2.69. The molecule has 0 bridgehead atoms. The SMILES string of the molecule is CCCCCC=CC=C(C(=O)O)c1ccccc1. The largest absolute Gasteiger partial charge is 0.478 e. The Morgan fingerprint density at radius 1 is 1.22 bits per heavy atom. The zero-order valence-electron chi connectivity index (χ0n) is 10.8. The van der Waals surface area contributed by atoms with Gasteiger partial charge in [-0.25, -0.2) is 4.79 Å². The zero-order valence-corrected chi connectivity index (χ0v) is 10.8. The Morgan fingerprint density at radius 2 is 1.94 bits per heavy atom. The van der Waals surface area contributed by atoms with Crippen molar-refractivity contribution in [3.63, 3.8) is 0 Å². The molecule has 96 valence electrons. The molecule has 0 aromatic heterocycles. The van der Waals surface area contributed by atoms with Crippen molar-refractivity contribution in [3.8, 4) is 0 Å². The van der Waals surface area contributed by atoms with E-state index in [1.165, 1.54) is 12.8 Å². The predicted molar refractivity (Wildman–Crippen MR) is 75.3 cm³/mol. The summed E-state index contributed by atoms with van der Waals surface area (Å²) in [5.74, 6) is -0.889. The maximum Gasteiger partial charge on any atom is 0.336 e. The number of carboxylic acids is 1. The van der Waals surface area contributed by atoms with Crippen LogP contribution in [0.1, 0.15) is 38.2 Å². The summed E-state index contributed by atoms with van der Waals surface area (Å²) in [5.41, 5.74) is 1.07. The number of rotatable bonds is 7. The van der Waals surface area contributed by atoms with Crippen LogP contribution in [0.4, 0.5) is 0 Å². The van der Waals surface area contributed by atoms with Crippen molar-refractivity contribution < 1.29 is 9.90 Å². The van der Waals surface area contributed by atoms with E-state index in [-0.39, 0.29) is 0 Å². The van der Waals surface area contributed by atoms with Gasteiger partial charge in [0.15, 0.2) is 0 Å². The van der Waals surface area contributed by atoms with Gasteiger partial charge in [0.25, 0.3) is 0 Å². The molecule has 0 heterocycles. The minimum absolute atomic E-state index is 0.336. The van der Waals surface area contributed by atoms with Crippen LogP contribution < -0.4 is 0 Å². The molecule has 0 radical (unpaired) electrons. The lowest BCUT2D eigenvalue weighted by Crippen LogP contribution is -1.98. The van der Waals surface area contributed by atoms with Gasteiger partial charge in [-0.3, -0.25) is 0 Å². The second-order valence-electron chi connectivity index (χ2n) is 4.18. The van der Waals surface area contributed by atoms with Crippen LogP contribution in [0.5, 0.6) is 0 Å². The van der Waals surface area contributed by atoms with Crippen molar-refractivity contribution in [1.29, 1.82) is 0 Å². The first-order valence-electron chi connectivity index (χ1n) is 6.41. The highest BCUT2D eigenvalue weighted by molar-refractivity contribution is 6.15. The second kappa shape index (κ2) is 8.29. The smallest absolute Gasteiger partial charge is 0.336 e. The molecule has 1 N–H and O–H groups in total. The molecule has 1 aromatic rings. The fourth-order valence-corrected chi connectivity index (χ4v) is 1.68. The van der Waals surface area contributed by atoms with Crippen molar-refractivity contribution in [2.24, 2.45) is 0 Å². The third kappa shape index (κ3) is 5.00. The number of unbranched alkanes of at least 4 members (excludes halogenated alkanes) is 3. The summed E-state index contributed by atoms with van der Waals surface area (Å²) in [5, 5.41) is 9.17. The van der Waals surface area contributed by atoms with Crippen molar-refractivity contribution in [1.82, 2.24) is 0 Å². The van der Waals surface area contributed by atoms with Gasteiger partial charge < -0.3 is 5.11 Å². The molecule has 0 aliphatic rings. The Morgan fingerprint density at radius 3 is 2.56 bits per heavy atom. The summed E-state index contributed by atoms with van der Waals surface area (Å²) in [6.07, 6.45) is 10.1. The highest BCUT2D eigenvalue weighted by atomic mass is 16.4. The lowest BCUT2D eigenvalue weighted by atomic mass is 10.1. The van der Waals surface area contributed by atoms with Crippen LogP contribution in [0.3, 0.4) is 0 Å². The fraction of sp³-hybridized carbons (Fsp3) is 0.312. The molecule has 0 saturated carbocycles. The maximum absolute atomic E-state index is 11.2. The molecule has 0 aliphatic carbocycles. The quantitative estimate of drug-likeness (QED) is 0.441. The van der Waals surface area contributed by atoms with Crippen LogP contribution in [0.25, 0.3) is 5.57 Å². The molecule has 0 aliphatic heterocycles. The van der Waals surface area contributed by atoms with Crippen LogP contribution in [0.15, 0.2) is 48.6 Å². The first-order valence-corrected chi connectivity index (χ1v) is 6.41. The van der Waals surface area contributed by atoms with E-state index >= 15 is 0 Å². The Hall–Kier alpha value is -1.83. The molecule has 0 spiro atoms. The normalized spacial score (nSPS) is 11.9. The van der Waals surface area contributed by atoms with Crippen LogP contribution in [-0.2, 0) is 4.79 Å². The molecule has 18 heavy (non-hydrogen) atoms. The first kappa shape index (κ1) is 14.2. The lowest BCUT2D eigenvalue weighted by Gasteiger charge is -2.00. The van der Waals surface area contributed by atoms with Gasteiger partial charge in [-0.15, -0.1) is 0 Å². The molecular weight excluding hydrogens is 224 g/mol. The number of carboxylic acid groups (broad SMARTS) is 1. The van der Waals surface area contributed by atoms with E-state index in [0.29, 0.717) is 5.57 Å². The Labute approximate surface area is 109 Å². The number of carbonyl (C=O) groups is 1. The van der Waals surface area contributed by atoms with Gasteiger partial charge in [-0.2, -0.15) is 0 Å². The van der Waals surface area contributed by atoms with Gasteiger partial charge >= 0.3 is 5.97 Å². The first-order chi connectivity index (χ1) is 8.75. The van der Waals surface area contributed by atoms with E-state index in [0.717, 1.165) is 18.4 Å². The molecule has 0 saturated heterocycles. The monoisotopic (exact) mass is 244 g/mol. The molecule has 0 fully saturated rings. The summed E-state index contributed by atoms with van der Waals surface area (Å²) in [4.78, 5) is 11.2. The molecule has 1 aromatic carbocycles. The minimum Gasteiger partial charge on any atom is -0.478 e. The van der Waals surface area contributed by atoms with Crippen LogP contribution in [0.2, 0.25) is 0 Å². The molecule has 1 rings (SSSR count). The molecule has 0 unspecified atom stereocenters. The van der Waals surface area contributed by atoms with Gasteiger partial charge in [-0.05, 0) is 24.5 Å². The predicted octanol–water partition coefficient (Wildman–Crippen LogP) is 4.29. The van der Waals surface area contributed by atoms with E-state index in [4.69, 9.17) is 5.11 Å². The number of allylic oxidation sites excluding steroid dienone is 3. The lowest BCUT2D eigenvalue weighted by molar-refractivity contribution is -0.130. The van der Waals surface area contributed by atoms with E-state index in [9.17, 15) is 4.79 Å². The van der Waals surface area contributed by atoms with E-state index < -0.39 is 5.97 Å². The van der Waals surface area contributed by atoms with Crippen molar-refractivity contribution in [3.05, 3.63) is 54.1 Å². The summed E-state index contributed by atoms with van der Waals surface area (Å²) in [6, 6.07) is 9.19. The van der Waals surface area contributed by atoms with Crippen molar-refractivity contribution in [2.75, 3.05) is 0 Å². The second-order valence-corrected chi connectivity index (χ2v) is 4.18. The van der Waals surface area contributed by atoms with Crippen LogP contribution in [-0.4, -0.2) is 11.1 Å². The van der Waals surface area contributed by atoms with E-state index in [1.807, 2.05) is 42.5 Å². The van der Waals surface area contributed by atoms with Crippen molar-refractivity contribution >= 4 is 11.5 Å². The average molecular weight is 244 g/mol. The average Bonchev–Trinajstić information content (AvgIpc) is 2.38. The summed E-state index contributed by atoms with van der Waals surface area (Å²) in [7, 11) is 0. The molecule has 2 heteroatoms. The van der Waals surface area contributed by atoms with Crippen LogP contribution in [0, 0.1) is 0 Å². The maximum atomic E-state index is 11.2. The highest BCUT2D eigenvalue weighted by Crippen LogP contribution is 2.14. The van der Waals surface area contributed by atoms with Gasteiger partial charge in [0.2, 0.25) is 0 Å².